The van der Waals surface area contributed by atoms with Crippen LogP contribution in [0.2, 0.25) is 0 Å². The Bertz CT molecular complexity index is 480. The molecule has 0 atom stereocenters. The summed E-state index contributed by atoms with van der Waals surface area (Å²) in [5.41, 5.74) is 0.941. The van der Waals surface area contributed by atoms with Crippen LogP contribution >= 0.6 is 15.9 Å². The third-order valence-electron chi connectivity index (χ3n) is 3.28. The van der Waals surface area contributed by atoms with Crippen molar-refractivity contribution < 1.29 is 4.74 Å². The number of benzene rings is 1. The van der Waals surface area contributed by atoms with Crippen LogP contribution in [0.1, 0.15) is 45.6 Å². The van der Waals surface area contributed by atoms with E-state index < -0.39 is 0 Å². The van der Waals surface area contributed by atoms with Crippen LogP contribution in [0.3, 0.4) is 0 Å². The van der Waals surface area contributed by atoms with Crippen molar-refractivity contribution in [1.82, 2.24) is 5.32 Å². The van der Waals surface area contributed by atoms with E-state index in [9.17, 15) is 0 Å². The lowest BCUT2D eigenvalue weighted by molar-refractivity contribution is 0.284. The van der Waals surface area contributed by atoms with Crippen molar-refractivity contribution in [3.8, 4) is 11.8 Å². The quantitative estimate of drug-likeness (QED) is 0.657. The van der Waals surface area contributed by atoms with Gasteiger partial charge in [0.15, 0.2) is 0 Å². The average Bonchev–Trinajstić information content (AvgIpc) is 2.47. The van der Waals surface area contributed by atoms with E-state index in [1.54, 1.807) is 0 Å². The van der Waals surface area contributed by atoms with Crippen LogP contribution in [0.5, 0.6) is 5.75 Å². The summed E-state index contributed by atoms with van der Waals surface area (Å²) in [5.74, 6) is 0.890. The largest absolute Gasteiger partial charge is 0.494 e. The van der Waals surface area contributed by atoms with E-state index in [1.807, 2.05) is 26.0 Å². The van der Waals surface area contributed by atoms with Crippen molar-refractivity contribution in [3.63, 3.8) is 0 Å². The topological polar surface area (TPSA) is 45.0 Å². The number of rotatable bonds is 9. The molecule has 0 heterocycles. The van der Waals surface area contributed by atoms with Crippen molar-refractivity contribution in [1.29, 1.82) is 5.26 Å². The molecule has 3 nitrogen and oxygen atoms in total. The van der Waals surface area contributed by atoms with Gasteiger partial charge in [-0.1, -0.05) is 22.9 Å². The number of ether oxygens (including phenoxy) is 1. The zero-order valence-electron chi connectivity index (χ0n) is 13.2. The van der Waals surface area contributed by atoms with Crippen molar-refractivity contribution in [2.24, 2.45) is 5.41 Å². The molecule has 0 aliphatic heterocycles. The normalized spacial score (nSPS) is 11.2. The number of hydrogen-bond acceptors (Lipinski definition) is 3. The molecule has 1 rings (SSSR count). The van der Waals surface area contributed by atoms with Gasteiger partial charge in [0.25, 0.3) is 0 Å². The van der Waals surface area contributed by atoms with E-state index in [4.69, 9.17) is 10.00 Å². The van der Waals surface area contributed by atoms with Gasteiger partial charge in [-0.3, -0.25) is 0 Å². The fourth-order valence-corrected chi connectivity index (χ4v) is 2.32. The van der Waals surface area contributed by atoms with Crippen LogP contribution in [-0.2, 0) is 6.54 Å². The van der Waals surface area contributed by atoms with Crippen molar-refractivity contribution in [2.75, 3.05) is 13.2 Å². The van der Waals surface area contributed by atoms with Crippen LogP contribution in [-0.4, -0.2) is 13.2 Å². The van der Waals surface area contributed by atoms with Gasteiger partial charge in [0, 0.05) is 11.0 Å². The van der Waals surface area contributed by atoms with E-state index in [1.165, 1.54) is 5.56 Å². The molecule has 0 fully saturated rings. The summed E-state index contributed by atoms with van der Waals surface area (Å²) >= 11 is 3.57. The number of hydrogen-bond donors (Lipinski definition) is 1. The number of nitrogens with zero attached hydrogens (tertiary/aromatic N) is 1. The van der Waals surface area contributed by atoms with Gasteiger partial charge in [0.1, 0.15) is 5.75 Å². The van der Waals surface area contributed by atoms with Gasteiger partial charge in [0.05, 0.1) is 18.1 Å². The molecule has 21 heavy (non-hydrogen) atoms. The molecule has 0 saturated heterocycles. The molecule has 0 bridgehead atoms. The minimum absolute atomic E-state index is 0.266. The van der Waals surface area contributed by atoms with Crippen LogP contribution in [0.25, 0.3) is 0 Å². The Labute approximate surface area is 136 Å². The van der Waals surface area contributed by atoms with Gasteiger partial charge < -0.3 is 10.1 Å². The monoisotopic (exact) mass is 352 g/mol. The van der Waals surface area contributed by atoms with Crippen LogP contribution in [0.15, 0.2) is 22.7 Å². The fourth-order valence-electron chi connectivity index (χ4n) is 1.94. The Morgan fingerprint density at radius 3 is 2.81 bits per heavy atom. The summed E-state index contributed by atoms with van der Waals surface area (Å²) in [6.07, 6.45) is 2.87. The lowest BCUT2D eigenvalue weighted by Crippen LogP contribution is -2.14. The standard InChI is InChI=1S/C17H25BrN2O/c1-4-9-20-12-14-11-15(6-7-16(14)18)21-10-5-8-17(2,3)13-19/h6-7,11,20H,4-5,8-10,12H2,1-3H3. The minimum atomic E-state index is -0.266. The number of nitriles is 1. The maximum Gasteiger partial charge on any atom is 0.119 e. The molecule has 116 valence electrons. The summed E-state index contributed by atoms with van der Waals surface area (Å²) in [5, 5.41) is 12.4. The molecule has 0 amide bonds. The second-order valence-electron chi connectivity index (χ2n) is 5.88. The first kappa shape index (κ1) is 18.0. The molecule has 0 radical (unpaired) electrons. The van der Waals surface area contributed by atoms with Gasteiger partial charge >= 0.3 is 0 Å². The molecule has 1 aromatic rings. The van der Waals surface area contributed by atoms with Crippen LogP contribution in [0, 0.1) is 16.7 Å². The highest BCUT2D eigenvalue weighted by Gasteiger charge is 2.15. The summed E-state index contributed by atoms with van der Waals surface area (Å²) in [6, 6.07) is 8.39. The zero-order valence-corrected chi connectivity index (χ0v) is 14.8. The lowest BCUT2D eigenvalue weighted by Gasteiger charge is -2.15. The highest BCUT2D eigenvalue weighted by atomic mass is 79.9. The first-order chi connectivity index (χ1) is 9.98. The van der Waals surface area contributed by atoms with Crippen molar-refractivity contribution in [2.45, 2.75) is 46.6 Å². The minimum Gasteiger partial charge on any atom is -0.494 e. The summed E-state index contributed by atoms with van der Waals surface area (Å²) in [6.45, 7) is 8.58. The van der Waals surface area contributed by atoms with E-state index in [0.29, 0.717) is 6.61 Å². The Hall–Kier alpha value is -1.05. The van der Waals surface area contributed by atoms with Gasteiger partial charge in [-0.25, -0.2) is 0 Å². The Morgan fingerprint density at radius 2 is 2.14 bits per heavy atom. The molecule has 1 aromatic carbocycles. The lowest BCUT2D eigenvalue weighted by atomic mass is 9.90. The third-order valence-corrected chi connectivity index (χ3v) is 4.05. The fraction of sp³-hybridized carbons (Fsp3) is 0.588. The molecule has 1 N–H and O–H groups in total. The van der Waals surface area contributed by atoms with Gasteiger partial charge in [-0.05, 0) is 63.4 Å². The Balaban J connectivity index is 2.45. The molecule has 0 aliphatic carbocycles. The smallest absolute Gasteiger partial charge is 0.119 e. The van der Waals surface area contributed by atoms with E-state index >= 15 is 0 Å². The highest BCUT2D eigenvalue weighted by Crippen LogP contribution is 2.24. The Kier molecular flexibility index (Phi) is 7.77. The summed E-state index contributed by atoms with van der Waals surface area (Å²) in [7, 11) is 0. The molecule has 0 unspecified atom stereocenters. The predicted molar refractivity (Wildman–Crippen MR) is 90.3 cm³/mol. The highest BCUT2D eigenvalue weighted by molar-refractivity contribution is 9.10. The van der Waals surface area contributed by atoms with E-state index in [0.717, 1.165) is 42.6 Å². The van der Waals surface area contributed by atoms with E-state index in [2.05, 4.69) is 40.3 Å². The molecule has 0 aliphatic rings. The summed E-state index contributed by atoms with van der Waals surface area (Å²) < 4.78 is 6.89. The maximum absolute atomic E-state index is 8.98. The second-order valence-corrected chi connectivity index (χ2v) is 6.73. The van der Waals surface area contributed by atoms with Crippen LogP contribution < -0.4 is 10.1 Å². The Morgan fingerprint density at radius 1 is 1.38 bits per heavy atom. The molecule has 0 saturated carbocycles. The SMILES string of the molecule is CCCNCc1cc(OCCCC(C)(C)C#N)ccc1Br. The third kappa shape index (κ3) is 6.97. The number of nitrogens with one attached hydrogen (secondary N) is 1. The van der Waals surface area contributed by atoms with Gasteiger partial charge in [-0.15, -0.1) is 0 Å². The van der Waals surface area contributed by atoms with Crippen molar-refractivity contribution in [3.05, 3.63) is 28.2 Å². The first-order valence-electron chi connectivity index (χ1n) is 7.51. The van der Waals surface area contributed by atoms with Crippen LogP contribution in [0.4, 0.5) is 0 Å². The average molecular weight is 353 g/mol. The molecular formula is C17H25BrN2O. The van der Waals surface area contributed by atoms with E-state index in [-0.39, 0.29) is 5.41 Å². The van der Waals surface area contributed by atoms with Crippen molar-refractivity contribution >= 4 is 15.9 Å². The molecular weight excluding hydrogens is 328 g/mol. The molecule has 0 spiro atoms. The van der Waals surface area contributed by atoms with Gasteiger partial charge in [0.2, 0.25) is 0 Å². The number of halogens is 1. The summed E-state index contributed by atoms with van der Waals surface area (Å²) in [4.78, 5) is 0. The molecule has 4 heteroatoms. The second kappa shape index (κ2) is 9.07. The first-order valence-corrected chi connectivity index (χ1v) is 8.31. The van der Waals surface area contributed by atoms with Gasteiger partial charge in [-0.2, -0.15) is 5.26 Å². The molecule has 0 aromatic heterocycles. The predicted octanol–water partition coefficient (Wildman–Crippen LogP) is 4.66. The zero-order chi connectivity index (χ0) is 15.7. The maximum atomic E-state index is 8.98.